The fraction of sp³-hybridized carbons (Fsp3) is 0.909. The maximum Gasteiger partial charge on any atom is 0.318 e. The van der Waals surface area contributed by atoms with Gasteiger partial charge in [0, 0.05) is 0 Å². The van der Waals surface area contributed by atoms with E-state index in [1.54, 1.807) is 6.92 Å². The molecule has 2 nitrogen and oxygen atoms in total. The first kappa shape index (κ1) is 11.9. The minimum absolute atomic E-state index is 0.121. The fourth-order valence-electron chi connectivity index (χ4n) is 2.23. The van der Waals surface area contributed by atoms with Crippen molar-refractivity contribution in [3.8, 4) is 0 Å². The van der Waals surface area contributed by atoms with Gasteiger partial charge in [0.1, 0.15) is 6.10 Å². The van der Waals surface area contributed by atoms with E-state index in [1.807, 2.05) is 0 Å². The van der Waals surface area contributed by atoms with Crippen LogP contribution in [-0.2, 0) is 9.53 Å². The van der Waals surface area contributed by atoms with E-state index in [0.717, 1.165) is 12.8 Å². The molecule has 82 valence electrons. The highest BCUT2D eigenvalue weighted by Gasteiger charge is 2.27. The molecule has 0 aromatic rings. The van der Waals surface area contributed by atoms with Crippen LogP contribution < -0.4 is 0 Å². The average Bonchev–Trinajstić information content (AvgIpc) is 2.01. The lowest BCUT2D eigenvalue weighted by Gasteiger charge is -2.31. The van der Waals surface area contributed by atoms with Gasteiger partial charge in [-0.15, -0.1) is 0 Å². The van der Waals surface area contributed by atoms with Crippen molar-refractivity contribution in [3.63, 3.8) is 0 Å². The number of hydrogen-bond donors (Lipinski definition) is 1. The van der Waals surface area contributed by atoms with Gasteiger partial charge in [-0.1, -0.05) is 13.8 Å². The van der Waals surface area contributed by atoms with Gasteiger partial charge in [0.25, 0.3) is 0 Å². The van der Waals surface area contributed by atoms with Crippen molar-refractivity contribution >= 4 is 18.6 Å². The lowest BCUT2D eigenvalue weighted by Crippen LogP contribution is -2.30. The summed E-state index contributed by atoms with van der Waals surface area (Å²) in [6, 6.07) is 0. The smallest absolute Gasteiger partial charge is 0.318 e. The number of hydrogen-bond acceptors (Lipinski definition) is 3. The largest absolute Gasteiger partial charge is 0.462 e. The number of ether oxygens (including phenoxy) is 1. The molecule has 1 aliphatic rings. The second kappa shape index (κ2) is 5.06. The third-order valence-corrected chi connectivity index (χ3v) is 2.97. The summed E-state index contributed by atoms with van der Waals surface area (Å²) < 4.78 is 5.38. The number of thiol groups is 1. The Bertz CT molecular complexity index is 193. The van der Waals surface area contributed by atoms with Gasteiger partial charge in [-0.3, -0.25) is 4.79 Å². The molecular weight excluding hydrogens is 196 g/mol. The number of rotatable bonds is 2. The SMILES string of the molecule is CC1CC(C)CC(OC(=O)C(C)S)C1. The van der Waals surface area contributed by atoms with Gasteiger partial charge >= 0.3 is 5.97 Å². The lowest BCUT2D eigenvalue weighted by atomic mass is 9.82. The van der Waals surface area contributed by atoms with Crippen LogP contribution in [0.3, 0.4) is 0 Å². The molecule has 0 aromatic heterocycles. The maximum absolute atomic E-state index is 11.3. The highest BCUT2D eigenvalue weighted by atomic mass is 32.1. The van der Waals surface area contributed by atoms with Crippen molar-refractivity contribution in [2.24, 2.45) is 11.8 Å². The fourth-order valence-corrected chi connectivity index (χ4v) is 2.29. The molecule has 0 N–H and O–H groups in total. The molecule has 0 saturated heterocycles. The van der Waals surface area contributed by atoms with E-state index in [-0.39, 0.29) is 17.3 Å². The minimum atomic E-state index is -0.303. The van der Waals surface area contributed by atoms with Gasteiger partial charge in [0.15, 0.2) is 0 Å². The summed E-state index contributed by atoms with van der Waals surface area (Å²) in [6.45, 7) is 6.20. The summed E-state index contributed by atoms with van der Waals surface area (Å²) in [6.07, 6.45) is 3.40. The molecule has 0 amide bonds. The van der Waals surface area contributed by atoms with E-state index in [2.05, 4.69) is 26.5 Å². The Labute approximate surface area is 91.8 Å². The molecule has 14 heavy (non-hydrogen) atoms. The first-order chi connectivity index (χ1) is 6.49. The molecule has 1 saturated carbocycles. The van der Waals surface area contributed by atoms with Gasteiger partial charge in [-0.05, 0) is 38.0 Å². The number of carbonyl (C=O) groups is 1. The van der Waals surface area contributed by atoms with Gasteiger partial charge in [-0.25, -0.2) is 0 Å². The summed E-state index contributed by atoms with van der Waals surface area (Å²) in [5.74, 6) is 1.16. The van der Waals surface area contributed by atoms with Crippen LogP contribution in [0.15, 0.2) is 0 Å². The van der Waals surface area contributed by atoms with Crippen LogP contribution in [0, 0.1) is 11.8 Å². The van der Waals surface area contributed by atoms with E-state index in [0.29, 0.717) is 11.8 Å². The second-order valence-corrected chi connectivity index (χ2v) is 5.43. The van der Waals surface area contributed by atoms with Gasteiger partial charge < -0.3 is 4.74 Å². The van der Waals surface area contributed by atoms with Crippen molar-refractivity contribution < 1.29 is 9.53 Å². The summed E-state index contributed by atoms with van der Waals surface area (Å²) >= 11 is 4.06. The van der Waals surface area contributed by atoms with Crippen molar-refractivity contribution in [2.75, 3.05) is 0 Å². The Morgan fingerprint density at radius 1 is 1.29 bits per heavy atom. The topological polar surface area (TPSA) is 26.3 Å². The summed E-state index contributed by atoms with van der Waals surface area (Å²) in [4.78, 5) is 11.3. The van der Waals surface area contributed by atoms with Gasteiger partial charge in [0.2, 0.25) is 0 Å². The molecule has 0 bridgehead atoms. The maximum atomic E-state index is 11.3. The summed E-state index contributed by atoms with van der Waals surface area (Å²) in [5.41, 5.74) is 0. The first-order valence-corrected chi connectivity index (χ1v) is 5.89. The highest BCUT2D eigenvalue weighted by molar-refractivity contribution is 7.81. The van der Waals surface area contributed by atoms with E-state index in [4.69, 9.17) is 4.74 Å². The number of esters is 1. The summed E-state index contributed by atoms with van der Waals surface area (Å²) in [7, 11) is 0. The third kappa shape index (κ3) is 3.52. The molecule has 3 atom stereocenters. The molecule has 0 aliphatic heterocycles. The van der Waals surface area contributed by atoms with Crippen LogP contribution in [0.1, 0.15) is 40.0 Å². The monoisotopic (exact) mass is 216 g/mol. The molecule has 0 radical (unpaired) electrons. The van der Waals surface area contributed by atoms with Crippen LogP contribution in [0.2, 0.25) is 0 Å². The van der Waals surface area contributed by atoms with Gasteiger partial charge in [-0.2, -0.15) is 12.6 Å². The third-order valence-electron chi connectivity index (χ3n) is 2.76. The van der Waals surface area contributed by atoms with E-state index < -0.39 is 0 Å². The Morgan fingerprint density at radius 2 is 1.79 bits per heavy atom. The molecule has 0 heterocycles. The Hall–Kier alpha value is -0.180. The minimum Gasteiger partial charge on any atom is -0.462 e. The second-order valence-electron chi connectivity index (χ2n) is 4.65. The average molecular weight is 216 g/mol. The molecule has 0 spiro atoms. The van der Waals surface area contributed by atoms with Crippen molar-refractivity contribution in [3.05, 3.63) is 0 Å². The Kier molecular flexibility index (Phi) is 4.30. The van der Waals surface area contributed by atoms with Crippen LogP contribution in [-0.4, -0.2) is 17.3 Å². The molecular formula is C11H20O2S. The normalized spacial score (nSPS) is 35.0. The molecule has 1 aliphatic carbocycles. The Balaban J connectivity index is 2.40. The standard InChI is InChI=1S/C11H20O2S/c1-7-4-8(2)6-10(5-7)13-11(12)9(3)14/h7-10,14H,4-6H2,1-3H3. The summed E-state index contributed by atoms with van der Waals surface area (Å²) in [5, 5.41) is -0.303. The van der Waals surface area contributed by atoms with Crippen LogP contribution in [0.4, 0.5) is 0 Å². The predicted octanol–water partition coefficient (Wildman–Crippen LogP) is 2.67. The van der Waals surface area contributed by atoms with E-state index in [9.17, 15) is 4.79 Å². The van der Waals surface area contributed by atoms with Gasteiger partial charge in [0.05, 0.1) is 5.25 Å². The highest BCUT2D eigenvalue weighted by Crippen LogP contribution is 2.30. The molecule has 1 fully saturated rings. The Morgan fingerprint density at radius 3 is 2.21 bits per heavy atom. The first-order valence-electron chi connectivity index (χ1n) is 5.37. The van der Waals surface area contributed by atoms with Crippen molar-refractivity contribution in [1.82, 2.24) is 0 Å². The zero-order valence-electron chi connectivity index (χ0n) is 9.19. The quantitative estimate of drug-likeness (QED) is 0.567. The van der Waals surface area contributed by atoms with Crippen molar-refractivity contribution in [2.45, 2.75) is 51.4 Å². The van der Waals surface area contributed by atoms with E-state index >= 15 is 0 Å². The van der Waals surface area contributed by atoms with Crippen LogP contribution >= 0.6 is 12.6 Å². The zero-order chi connectivity index (χ0) is 10.7. The van der Waals surface area contributed by atoms with Crippen LogP contribution in [0.25, 0.3) is 0 Å². The van der Waals surface area contributed by atoms with Crippen LogP contribution in [0.5, 0.6) is 0 Å². The van der Waals surface area contributed by atoms with Crippen molar-refractivity contribution in [1.29, 1.82) is 0 Å². The molecule has 0 aromatic carbocycles. The zero-order valence-corrected chi connectivity index (χ0v) is 10.1. The predicted molar refractivity (Wildman–Crippen MR) is 60.5 cm³/mol. The lowest BCUT2D eigenvalue weighted by molar-refractivity contribution is -0.150. The van der Waals surface area contributed by atoms with E-state index in [1.165, 1.54) is 6.42 Å². The molecule has 3 unspecified atom stereocenters. The molecule has 3 heteroatoms. The molecule has 1 rings (SSSR count). The number of carbonyl (C=O) groups excluding carboxylic acids is 1.